The van der Waals surface area contributed by atoms with E-state index in [2.05, 4.69) is 24.3 Å². The van der Waals surface area contributed by atoms with E-state index in [0.29, 0.717) is 25.4 Å². The molecule has 116 valence electrons. The monoisotopic (exact) mass is 285 g/mol. The average molecular weight is 285 g/mol. The first-order chi connectivity index (χ1) is 9.41. The fourth-order valence-electron chi connectivity index (χ4n) is 2.42. The summed E-state index contributed by atoms with van der Waals surface area (Å²) in [5.74, 6) is -1.12. The molecule has 1 unspecified atom stereocenters. The molecule has 6 heteroatoms. The van der Waals surface area contributed by atoms with Crippen molar-refractivity contribution >= 4 is 12.0 Å². The first-order valence-corrected chi connectivity index (χ1v) is 7.33. The molecule has 1 fully saturated rings. The largest absolute Gasteiger partial charge is 0.481 e. The number of carboxylic acids is 1. The van der Waals surface area contributed by atoms with Gasteiger partial charge in [-0.2, -0.15) is 0 Å². The van der Waals surface area contributed by atoms with E-state index in [0.717, 1.165) is 25.9 Å². The summed E-state index contributed by atoms with van der Waals surface area (Å²) in [4.78, 5) is 26.7. The number of hydrogen-bond acceptors (Lipinski definition) is 3. The number of likely N-dealkylation sites (tertiary alicyclic amines) is 1. The fraction of sp³-hybridized carbons (Fsp3) is 0.857. The van der Waals surface area contributed by atoms with Crippen LogP contribution in [0.15, 0.2) is 0 Å². The lowest BCUT2D eigenvalue weighted by molar-refractivity contribution is -0.141. The van der Waals surface area contributed by atoms with Crippen molar-refractivity contribution < 1.29 is 14.7 Å². The summed E-state index contributed by atoms with van der Waals surface area (Å²) >= 11 is 0. The third-order valence-corrected chi connectivity index (χ3v) is 3.99. The number of aliphatic carboxylic acids is 1. The Morgan fingerprint density at radius 3 is 2.45 bits per heavy atom. The van der Waals surface area contributed by atoms with E-state index in [1.165, 1.54) is 0 Å². The number of amides is 2. The van der Waals surface area contributed by atoms with E-state index >= 15 is 0 Å². The maximum atomic E-state index is 11.9. The topological polar surface area (TPSA) is 72.9 Å². The normalized spacial score (nSPS) is 18.1. The second-order valence-corrected chi connectivity index (χ2v) is 5.80. The van der Waals surface area contributed by atoms with Crippen molar-refractivity contribution in [1.82, 2.24) is 15.1 Å². The molecule has 1 heterocycles. The Labute approximate surface area is 121 Å². The van der Waals surface area contributed by atoms with Gasteiger partial charge in [0.1, 0.15) is 0 Å². The molecule has 0 aromatic carbocycles. The Bertz CT molecular complexity index is 326. The van der Waals surface area contributed by atoms with Crippen LogP contribution in [-0.4, -0.2) is 66.7 Å². The first-order valence-electron chi connectivity index (χ1n) is 7.33. The number of carbonyl (C=O) groups is 2. The maximum Gasteiger partial charge on any atom is 0.317 e. The van der Waals surface area contributed by atoms with Crippen molar-refractivity contribution in [1.29, 1.82) is 0 Å². The number of rotatable bonds is 6. The van der Waals surface area contributed by atoms with Gasteiger partial charge in [-0.05, 0) is 39.8 Å². The Morgan fingerprint density at radius 2 is 1.95 bits per heavy atom. The summed E-state index contributed by atoms with van der Waals surface area (Å²) in [6.45, 7) is 3.82. The number of carboxylic acid groups (broad SMARTS) is 1. The minimum absolute atomic E-state index is 0.0230. The van der Waals surface area contributed by atoms with Crippen LogP contribution in [0.3, 0.4) is 0 Å². The van der Waals surface area contributed by atoms with Crippen LogP contribution in [0.4, 0.5) is 4.79 Å². The van der Waals surface area contributed by atoms with Crippen LogP contribution in [0.2, 0.25) is 0 Å². The van der Waals surface area contributed by atoms with Gasteiger partial charge < -0.3 is 20.2 Å². The quantitative estimate of drug-likeness (QED) is 0.720. The molecule has 1 atom stereocenters. The van der Waals surface area contributed by atoms with Gasteiger partial charge in [0, 0.05) is 25.7 Å². The third kappa shape index (κ3) is 5.36. The molecule has 0 saturated carbocycles. The number of carbonyl (C=O) groups excluding carboxylic acids is 1. The minimum Gasteiger partial charge on any atom is -0.481 e. The van der Waals surface area contributed by atoms with Gasteiger partial charge >= 0.3 is 12.0 Å². The number of urea groups is 1. The zero-order valence-corrected chi connectivity index (χ0v) is 12.8. The van der Waals surface area contributed by atoms with E-state index in [4.69, 9.17) is 5.11 Å². The summed E-state index contributed by atoms with van der Waals surface area (Å²) in [5.41, 5.74) is 0. The van der Waals surface area contributed by atoms with Crippen LogP contribution in [0.25, 0.3) is 0 Å². The SMILES string of the molecule is CC(CCCNC(=O)N1CCC(N(C)C)CC1)C(=O)O. The van der Waals surface area contributed by atoms with Crippen LogP contribution in [0, 0.1) is 5.92 Å². The Kier molecular flexibility index (Phi) is 6.78. The van der Waals surface area contributed by atoms with Gasteiger partial charge in [0.25, 0.3) is 0 Å². The van der Waals surface area contributed by atoms with Crippen LogP contribution in [0.5, 0.6) is 0 Å². The lowest BCUT2D eigenvalue weighted by atomic mass is 10.0. The molecule has 6 nitrogen and oxygen atoms in total. The Morgan fingerprint density at radius 1 is 1.35 bits per heavy atom. The second-order valence-electron chi connectivity index (χ2n) is 5.80. The highest BCUT2D eigenvalue weighted by Gasteiger charge is 2.23. The zero-order valence-electron chi connectivity index (χ0n) is 12.8. The predicted molar refractivity (Wildman–Crippen MR) is 77.7 cm³/mol. The molecule has 0 aromatic rings. The van der Waals surface area contributed by atoms with Gasteiger partial charge in [-0.1, -0.05) is 6.92 Å². The van der Waals surface area contributed by atoms with E-state index in [9.17, 15) is 9.59 Å². The van der Waals surface area contributed by atoms with Gasteiger partial charge in [-0.25, -0.2) is 4.79 Å². The highest BCUT2D eigenvalue weighted by Crippen LogP contribution is 2.14. The standard InChI is InChI=1S/C14H27N3O3/c1-11(13(18)19)5-4-8-15-14(20)17-9-6-12(7-10-17)16(2)3/h11-12H,4-10H2,1-3H3,(H,15,20)(H,18,19). The van der Waals surface area contributed by atoms with Crippen LogP contribution < -0.4 is 5.32 Å². The molecular formula is C14H27N3O3. The predicted octanol–water partition coefficient (Wildman–Crippen LogP) is 1.22. The number of nitrogens with zero attached hydrogens (tertiary/aromatic N) is 2. The van der Waals surface area contributed by atoms with Crippen molar-refractivity contribution in [3.05, 3.63) is 0 Å². The van der Waals surface area contributed by atoms with E-state index in [-0.39, 0.29) is 11.9 Å². The maximum absolute atomic E-state index is 11.9. The average Bonchev–Trinajstić information content (AvgIpc) is 2.43. The molecule has 0 aliphatic carbocycles. The van der Waals surface area contributed by atoms with E-state index < -0.39 is 5.97 Å². The Hall–Kier alpha value is -1.30. The highest BCUT2D eigenvalue weighted by atomic mass is 16.4. The molecular weight excluding hydrogens is 258 g/mol. The summed E-state index contributed by atoms with van der Waals surface area (Å²) in [7, 11) is 4.15. The van der Waals surface area contributed by atoms with Crippen LogP contribution in [0.1, 0.15) is 32.6 Å². The molecule has 2 N–H and O–H groups in total. The van der Waals surface area contributed by atoms with Crippen molar-refractivity contribution in [2.24, 2.45) is 5.92 Å². The molecule has 1 rings (SSSR count). The summed E-state index contributed by atoms with van der Waals surface area (Å²) in [6, 6.07) is 0.542. The van der Waals surface area contributed by atoms with Crippen molar-refractivity contribution in [3.8, 4) is 0 Å². The van der Waals surface area contributed by atoms with E-state index in [1.54, 1.807) is 6.92 Å². The highest BCUT2D eigenvalue weighted by molar-refractivity contribution is 5.74. The number of nitrogens with one attached hydrogen (secondary N) is 1. The molecule has 1 aliphatic rings. The lowest BCUT2D eigenvalue weighted by Gasteiger charge is -2.35. The van der Waals surface area contributed by atoms with Crippen molar-refractivity contribution in [2.45, 2.75) is 38.6 Å². The van der Waals surface area contributed by atoms with Gasteiger partial charge in [0.15, 0.2) is 0 Å². The fourth-order valence-corrected chi connectivity index (χ4v) is 2.42. The molecule has 1 aliphatic heterocycles. The molecule has 0 bridgehead atoms. The van der Waals surface area contributed by atoms with Gasteiger partial charge in [0.05, 0.1) is 5.92 Å². The van der Waals surface area contributed by atoms with Gasteiger partial charge in [0.2, 0.25) is 0 Å². The Balaban J connectivity index is 2.16. The summed E-state index contributed by atoms with van der Waals surface area (Å²) < 4.78 is 0. The molecule has 2 amide bonds. The van der Waals surface area contributed by atoms with Crippen LogP contribution >= 0.6 is 0 Å². The smallest absolute Gasteiger partial charge is 0.317 e. The second kappa shape index (κ2) is 8.09. The van der Waals surface area contributed by atoms with Crippen LogP contribution in [-0.2, 0) is 4.79 Å². The number of piperidine rings is 1. The first kappa shape index (κ1) is 16.8. The molecule has 0 aromatic heterocycles. The summed E-state index contributed by atoms with van der Waals surface area (Å²) in [5, 5.41) is 11.6. The molecule has 1 saturated heterocycles. The van der Waals surface area contributed by atoms with Crippen molar-refractivity contribution in [3.63, 3.8) is 0 Å². The minimum atomic E-state index is -0.776. The zero-order chi connectivity index (χ0) is 15.1. The third-order valence-electron chi connectivity index (χ3n) is 3.99. The van der Waals surface area contributed by atoms with Gasteiger partial charge in [-0.3, -0.25) is 4.79 Å². The van der Waals surface area contributed by atoms with E-state index in [1.807, 2.05) is 4.90 Å². The lowest BCUT2D eigenvalue weighted by Crippen LogP contribution is -2.48. The number of hydrogen-bond donors (Lipinski definition) is 2. The molecule has 0 spiro atoms. The van der Waals surface area contributed by atoms with Crippen molar-refractivity contribution in [2.75, 3.05) is 33.7 Å². The van der Waals surface area contributed by atoms with Gasteiger partial charge in [-0.15, -0.1) is 0 Å². The molecule has 20 heavy (non-hydrogen) atoms. The summed E-state index contributed by atoms with van der Waals surface area (Å²) in [6.07, 6.45) is 3.32. The molecule has 0 radical (unpaired) electrons.